The SMILES string of the molecule is Cn1ncc(NC2CCCCC2N)c(Br)c1=O. The van der Waals surface area contributed by atoms with Crippen LogP contribution in [0.2, 0.25) is 0 Å². The molecule has 17 heavy (non-hydrogen) atoms. The van der Waals surface area contributed by atoms with Gasteiger partial charge in [-0.15, -0.1) is 0 Å². The van der Waals surface area contributed by atoms with Crippen molar-refractivity contribution in [3.8, 4) is 0 Å². The highest BCUT2D eigenvalue weighted by Gasteiger charge is 2.22. The summed E-state index contributed by atoms with van der Waals surface area (Å²) < 4.78 is 1.82. The molecule has 0 radical (unpaired) electrons. The van der Waals surface area contributed by atoms with Gasteiger partial charge in [-0.1, -0.05) is 12.8 Å². The predicted octanol–water partition coefficient (Wildman–Crippen LogP) is 1.22. The first kappa shape index (κ1) is 12.6. The molecule has 1 aliphatic carbocycles. The molecule has 94 valence electrons. The van der Waals surface area contributed by atoms with Crippen molar-refractivity contribution in [2.45, 2.75) is 37.8 Å². The fourth-order valence-electron chi connectivity index (χ4n) is 2.15. The first-order valence-corrected chi connectivity index (χ1v) is 6.63. The summed E-state index contributed by atoms with van der Waals surface area (Å²) in [6.45, 7) is 0. The number of aryl methyl sites for hydroxylation is 1. The van der Waals surface area contributed by atoms with E-state index in [2.05, 4.69) is 26.3 Å². The van der Waals surface area contributed by atoms with E-state index in [1.807, 2.05) is 0 Å². The van der Waals surface area contributed by atoms with E-state index < -0.39 is 0 Å². The maximum absolute atomic E-state index is 11.7. The van der Waals surface area contributed by atoms with Gasteiger partial charge in [0.2, 0.25) is 0 Å². The van der Waals surface area contributed by atoms with E-state index in [4.69, 9.17) is 5.73 Å². The Hall–Kier alpha value is -0.880. The molecule has 1 heterocycles. The summed E-state index contributed by atoms with van der Waals surface area (Å²) in [5.74, 6) is 0. The van der Waals surface area contributed by atoms with E-state index in [1.165, 1.54) is 17.5 Å². The largest absolute Gasteiger partial charge is 0.378 e. The van der Waals surface area contributed by atoms with Gasteiger partial charge in [0.1, 0.15) is 4.47 Å². The number of halogens is 1. The molecule has 1 aromatic heterocycles. The third-order valence-electron chi connectivity index (χ3n) is 3.24. The summed E-state index contributed by atoms with van der Waals surface area (Å²) in [4.78, 5) is 11.7. The van der Waals surface area contributed by atoms with Crippen LogP contribution in [0.15, 0.2) is 15.5 Å². The van der Waals surface area contributed by atoms with Crippen molar-refractivity contribution in [1.82, 2.24) is 9.78 Å². The van der Waals surface area contributed by atoms with Crippen LogP contribution in [0, 0.1) is 0 Å². The molecule has 1 aliphatic rings. The van der Waals surface area contributed by atoms with E-state index in [0.29, 0.717) is 4.47 Å². The Kier molecular flexibility index (Phi) is 3.83. The molecule has 0 aromatic carbocycles. The predicted molar refractivity (Wildman–Crippen MR) is 71.0 cm³/mol. The zero-order valence-corrected chi connectivity index (χ0v) is 11.4. The molecule has 0 bridgehead atoms. The van der Waals surface area contributed by atoms with E-state index >= 15 is 0 Å². The second kappa shape index (κ2) is 5.18. The second-order valence-corrected chi connectivity index (χ2v) is 5.29. The van der Waals surface area contributed by atoms with Crippen LogP contribution in [-0.4, -0.2) is 21.9 Å². The summed E-state index contributed by atoms with van der Waals surface area (Å²) in [6, 6.07) is 0.383. The lowest BCUT2D eigenvalue weighted by molar-refractivity contribution is 0.403. The average molecular weight is 301 g/mol. The molecule has 0 amide bonds. The van der Waals surface area contributed by atoms with E-state index in [0.717, 1.165) is 18.5 Å². The smallest absolute Gasteiger partial charge is 0.282 e. The lowest BCUT2D eigenvalue weighted by atomic mass is 9.91. The summed E-state index contributed by atoms with van der Waals surface area (Å²) in [6.07, 6.45) is 6.11. The first-order valence-electron chi connectivity index (χ1n) is 5.83. The van der Waals surface area contributed by atoms with Gasteiger partial charge in [0.25, 0.3) is 5.56 Å². The lowest BCUT2D eigenvalue weighted by Gasteiger charge is -2.30. The minimum Gasteiger partial charge on any atom is -0.378 e. The summed E-state index contributed by atoms with van der Waals surface area (Å²) in [5, 5.41) is 7.32. The molecule has 5 nitrogen and oxygen atoms in total. The quantitative estimate of drug-likeness (QED) is 0.861. The van der Waals surface area contributed by atoms with Gasteiger partial charge in [0.05, 0.1) is 11.9 Å². The molecular formula is C11H17BrN4O. The Bertz CT molecular complexity index is 459. The Morgan fingerprint density at radius 3 is 2.94 bits per heavy atom. The van der Waals surface area contributed by atoms with Gasteiger partial charge in [0, 0.05) is 19.1 Å². The number of anilines is 1. The fraction of sp³-hybridized carbons (Fsp3) is 0.636. The maximum atomic E-state index is 11.7. The van der Waals surface area contributed by atoms with Crippen LogP contribution in [0.4, 0.5) is 5.69 Å². The van der Waals surface area contributed by atoms with Crippen molar-refractivity contribution in [3.05, 3.63) is 21.0 Å². The van der Waals surface area contributed by atoms with Crippen LogP contribution in [0.25, 0.3) is 0 Å². The summed E-state index contributed by atoms with van der Waals surface area (Å²) >= 11 is 3.30. The van der Waals surface area contributed by atoms with Crippen molar-refractivity contribution < 1.29 is 0 Å². The minimum atomic E-state index is -0.139. The van der Waals surface area contributed by atoms with Gasteiger partial charge in [-0.05, 0) is 28.8 Å². The van der Waals surface area contributed by atoms with Crippen molar-refractivity contribution in [2.75, 3.05) is 5.32 Å². The van der Waals surface area contributed by atoms with Gasteiger partial charge in [-0.2, -0.15) is 5.10 Å². The molecule has 1 saturated carbocycles. The summed E-state index contributed by atoms with van der Waals surface area (Å²) in [7, 11) is 1.63. The molecule has 2 unspecified atom stereocenters. The van der Waals surface area contributed by atoms with Crippen molar-refractivity contribution in [2.24, 2.45) is 12.8 Å². The van der Waals surface area contributed by atoms with Crippen molar-refractivity contribution in [1.29, 1.82) is 0 Å². The Morgan fingerprint density at radius 1 is 1.53 bits per heavy atom. The molecule has 3 N–H and O–H groups in total. The number of hydrogen-bond donors (Lipinski definition) is 2. The third kappa shape index (κ3) is 2.69. The van der Waals surface area contributed by atoms with Gasteiger partial charge in [-0.25, -0.2) is 4.68 Å². The van der Waals surface area contributed by atoms with Crippen molar-refractivity contribution >= 4 is 21.6 Å². The normalized spacial score (nSPS) is 24.6. The standard InChI is InChI=1S/C11H17BrN4O/c1-16-11(17)10(12)9(6-14-16)15-8-5-3-2-4-7(8)13/h6-8,15H,2-5,13H2,1H3. The molecular weight excluding hydrogens is 284 g/mol. The monoisotopic (exact) mass is 300 g/mol. The molecule has 0 spiro atoms. The van der Waals surface area contributed by atoms with Crippen LogP contribution in [0.1, 0.15) is 25.7 Å². The zero-order chi connectivity index (χ0) is 12.4. The number of hydrogen-bond acceptors (Lipinski definition) is 4. The van der Waals surface area contributed by atoms with Crippen LogP contribution >= 0.6 is 15.9 Å². The number of rotatable bonds is 2. The van der Waals surface area contributed by atoms with E-state index in [9.17, 15) is 4.79 Å². The molecule has 1 fully saturated rings. The Labute approximate surface area is 109 Å². The van der Waals surface area contributed by atoms with Crippen molar-refractivity contribution in [3.63, 3.8) is 0 Å². The van der Waals surface area contributed by atoms with E-state index in [1.54, 1.807) is 13.2 Å². The van der Waals surface area contributed by atoms with Crippen LogP contribution in [0.5, 0.6) is 0 Å². The average Bonchev–Trinajstić information content (AvgIpc) is 2.32. The van der Waals surface area contributed by atoms with E-state index in [-0.39, 0.29) is 17.6 Å². The van der Waals surface area contributed by atoms with Gasteiger partial charge in [0.15, 0.2) is 0 Å². The second-order valence-electron chi connectivity index (χ2n) is 4.50. The van der Waals surface area contributed by atoms with Gasteiger partial charge < -0.3 is 11.1 Å². The Balaban J connectivity index is 2.18. The fourth-order valence-corrected chi connectivity index (χ4v) is 2.62. The highest BCUT2D eigenvalue weighted by atomic mass is 79.9. The lowest BCUT2D eigenvalue weighted by Crippen LogP contribution is -2.43. The Morgan fingerprint density at radius 2 is 2.24 bits per heavy atom. The maximum Gasteiger partial charge on any atom is 0.282 e. The zero-order valence-electron chi connectivity index (χ0n) is 9.82. The highest BCUT2D eigenvalue weighted by molar-refractivity contribution is 9.10. The number of nitrogens with two attached hydrogens (primary N) is 1. The van der Waals surface area contributed by atoms with Gasteiger partial charge in [-0.3, -0.25) is 4.79 Å². The number of nitrogens with zero attached hydrogens (tertiary/aromatic N) is 2. The van der Waals surface area contributed by atoms with Gasteiger partial charge >= 0.3 is 0 Å². The molecule has 6 heteroatoms. The molecule has 0 saturated heterocycles. The number of nitrogens with one attached hydrogen (secondary N) is 1. The third-order valence-corrected chi connectivity index (χ3v) is 4.00. The topological polar surface area (TPSA) is 72.9 Å². The molecule has 0 aliphatic heterocycles. The highest BCUT2D eigenvalue weighted by Crippen LogP contribution is 2.23. The first-order chi connectivity index (χ1) is 8.09. The van der Waals surface area contributed by atoms with Crippen LogP contribution in [-0.2, 0) is 7.05 Å². The molecule has 2 rings (SSSR count). The van der Waals surface area contributed by atoms with Crippen LogP contribution < -0.4 is 16.6 Å². The van der Waals surface area contributed by atoms with Crippen LogP contribution in [0.3, 0.4) is 0 Å². The molecule has 2 atom stereocenters. The summed E-state index contributed by atoms with van der Waals surface area (Å²) in [5.41, 5.74) is 6.66. The number of aromatic nitrogens is 2. The molecule has 1 aromatic rings. The minimum absolute atomic E-state index is 0.139.